The topological polar surface area (TPSA) is 54.5 Å². The van der Waals surface area contributed by atoms with Crippen molar-refractivity contribution in [1.29, 1.82) is 0 Å². The van der Waals surface area contributed by atoms with Crippen molar-refractivity contribution in [2.24, 2.45) is 0 Å². The van der Waals surface area contributed by atoms with Gasteiger partial charge in [0.05, 0.1) is 23.7 Å². The van der Waals surface area contributed by atoms with Gasteiger partial charge in [0.2, 0.25) is 0 Å². The van der Waals surface area contributed by atoms with Crippen molar-refractivity contribution in [1.82, 2.24) is 15.2 Å². The molecule has 21 heavy (non-hydrogen) atoms. The van der Waals surface area contributed by atoms with Crippen LogP contribution in [0.15, 0.2) is 5.38 Å². The van der Waals surface area contributed by atoms with E-state index in [4.69, 9.17) is 4.74 Å². The summed E-state index contributed by atoms with van der Waals surface area (Å²) >= 11 is 1.61. The third-order valence-electron chi connectivity index (χ3n) is 3.24. The molecule has 0 saturated heterocycles. The summed E-state index contributed by atoms with van der Waals surface area (Å²) in [5.41, 5.74) is 0.816. The summed E-state index contributed by atoms with van der Waals surface area (Å²) in [7, 11) is 0. The number of nitrogens with zero attached hydrogens (tertiary/aromatic N) is 2. The molecule has 1 aromatic heterocycles. The van der Waals surface area contributed by atoms with Crippen molar-refractivity contribution in [3.63, 3.8) is 0 Å². The van der Waals surface area contributed by atoms with E-state index in [1.54, 1.807) is 11.3 Å². The Hall–Kier alpha value is -0.980. The summed E-state index contributed by atoms with van der Waals surface area (Å²) in [5, 5.41) is 6.46. The number of carbonyl (C=O) groups excluding carboxylic acids is 1. The number of carbonyl (C=O) groups is 1. The molecular weight excluding hydrogens is 286 g/mol. The van der Waals surface area contributed by atoms with Crippen LogP contribution in [-0.4, -0.2) is 55.2 Å². The fourth-order valence-electron chi connectivity index (χ4n) is 2.00. The van der Waals surface area contributed by atoms with Crippen molar-refractivity contribution in [2.75, 3.05) is 39.3 Å². The van der Waals surface area contributed by atoms with E-state index in [0.29, 0.717) is 6.61 Å². The van der Waals surface area contributed by atoms with E-state index in [0.717, 1.165) is 49.8 Å². The lowest BCUT2D eigenvalue weighted by Gasteiger charge is -2.17. The highest BCUT2D eigenvalue weighted by Crippen LogP contribution is 2.11. The summed E-state index contributed by atoms with van der Waals surface area (Å²) < 4.78 is 4.92. The van der Waals surface area contributed by atoms with Crippen LogP contribution in [0.1, 0.15) is 31.5 Å². The molecule has 0 radical (unpaired) electrons. The van der Waals surface area contributed by atoms with Gasteiger partial charge in [-0.3, -0.25) is 4.79 Å². The lowest BCUT2D eigenvalue weighted by molar-refractivity contribution is -0.142. The predicted molar refractivity (Wildman–Crippen MR) is 86.8 cm³/mol. The van der Waals surface area contributed by atoms with E-state index < -0.39 is 0 Å². The number of nitrogens with one attached hydrogen (secondary N) is 1. The van der Waals surface area contributed by atoms with Crippen LogP contribution in [0.4, 0.5) is 0 Å². The van der Waals surface area contributed by atoms with Crippen molar-refractivity contribution in [3.8, 4) is 0 Å². The SMILES string of the molecule is CCOC(=O)Cc1csc(CCNCCN(CC)CC)n1. The van der Waals surface area contributed by atoms with Gasteiger partial charge in [-0.2, -0.15) is 0 Å². The molecule has 0 unspecified atom stereocenters. The molecule has 0 bridgehead atoms. The Bertz CT molecular complexity index is 405. The van der Waals surface area contributed by atoms with Crippen molar-refractivity contribution < 1.29 is 9.53 Å². The number of hydrogen-bond donors (Lipinski definition) is 1. The van der Waals surface area contributed by atoms with E-state index in [1.807, 2.05) is 12.3 Å². The molecule has 0 aliphatic heterocycles. The first-order valence-electron chi connectivity index (χ1n) is 7.71. The van der Waals surface area contributed by atoms with Gasteiger partial charge in [0.15, 0.2) is 0 Å². The number of aromatic nitrogens is 1. The van der Waals surface area contributed by atoms with Crippen LogP contribution in [-0.2, 0) is 22.4 Å². The smallest absolute Gasteiger partial charge is 0.311 e. The maximum absolute atomic E-state index is 11.4. The Balaban J connectivity index is 2.18. The lowest BCUT2D eigenvalue weighted by atomic mass is 10.3. The molecule has 1 aromatic rings. The number of thiazole rings is 1. The Morgan fingerprint density at radius 3 is 2.76 bits per heavy atom. The van der Waals surface area contributed by atoms with Gasteiger partial charge >= 0.3 is 5.97 Å². The Morgan fingerprint density at radius 2 is 2.10 bits per heavy atom. The van der Waals surface area contributed by atoms with Crippen LogP contribution in [0.25, 0.3) is 0 Å². The molecule has 0 atom stereocenters. The minimum absolute atomic E-state index is 0.202. The van der Waals surface area contributed by atoms with E-state index in [9.17, 15) is 4.79 Å². The van der Waals surface area contributed by atoms with Gasteiger partial charge in [-0.25, -0.2) is 4.98 Å². The largest absolute Gasteiger partial charge is 0.466 e. The first-order valence-corrected chi connectivity index (χ1v) is 8.59. The fourth-order valence-corrected chi connectivity index (χ4v) is 2.80. The minimum atomic E-state index is -0.202. The highest BCUT2D eigenvalue weighted by Gasteiger charge is 2.08. The Morgan fingerprint density at radius 1 is 1.33 bits per heavy atom. The van der Waals surface area contributed by atoms with Gasteiger partial charge in [0.1, 0.15) is 0 Å². The quantitative estimate of drug-likeness (QED) is 0.498. The number of rotatable bonds is 11. The monoisotopic (exact) mass is 313 g/mol. The van der Waals surface area contributed by atoms with Gasteiger partial charge in [-0.05, 0) is 20.0 Å². The second-order valence-corrected chi connectivity index (χ2v) is 5.68. The molecule has 1 heterocycles. The summed E-state index contributed by atoms with van der Waals surface area (Å²) in [6.45, 7) is 11.8. The first kappa shape index (κ1) is 18.1. The third kappa shape index (κ3) is 7.55. The van der Waals surface area contributed by atoms with Crippen molar-refractivity contribution in [2.45, 2.75) is 33.6 Å². The average molecular weight is 313 g/mol. The molecular formula is C15H27N3O2S. The second-order valence-electron chi connectivity index (χ2n) is 4.74. The van der Waals surface area contributed by atoms with E-state index in [1.165, 1.54) is 0 Å². The lowest BCUT2D eigenvalue weighted by Crippen LogP contribution is -2.32. The molecule has 0 saturated carbocycles. The fraction of sp³-hybridized carbons (Fsp3) is 0.733. The zero-order chi connectivity index (χ0) is 15.5. The number of ether oxygens (including phenoxy) is 1. The molecule has 0 aromatic carbocycles. The summed E-state index contributed by atoms with van der Waals surface area (Å²) in [6.07, 6.45) is 1.19. The molecule has 120 valence electrons. The minimum Gasteiger partial charge on any atom is -0.466 e. The molecule has 0 fully saturated rings. The van der Waals surface area contributed by atoms with E-state index >= 15 is 0 Å². The molecule has 0 amide bonds. The molecule has 0 aliphatic rings. The van der Waals surface area contributed by atoms with Gasteiger partial charge in [-0.15, -0.1) is 11.3 Å². The van der Waals surface area contributed by atoms with Crippen LogP contribution in [0.5, 0.6) is 0 Å². The molecule has 5 nitrogen and oxygen atoms in total. The van der Waals surface area contributed by atoms with Gasteiger partial charge in [0.25, 0.3) is 0 Å². The maximum atomic E-state index is 11.4. The Kier molecular flexibility index (Phi) is 9.21. The maximum Gasteiger partial charge on any atom is 0.311 e. The van der Waals surface area contributed by atoms with Crippen LogP contribution in [0, 0.1) is 0 Å². The van der Waals surface area contributed by atoms with Crippen LogP contribution >= 0.6 is 11.3 Å². The summed E-state index contributed by atoms with van der Waals surface area (Å²) in [6, 6.07) is 0. The number of likely N-dealkylation sites (N-methyl/N-ethyl adjacent to an activating group) is 1. The average Bonchev–Trinajstić information content (AvgIpc) is 2.90. The molecule has 1 N–H and O–H groups in total. The zero-order valence-electron chi connectivity index (χ0n) is 13.4. The number of esters is 1. The highest BCUT2D eigenvalue weighted by molar-refractivity contribution is 7.09. The van der Waals surface area contributed by atoms with Crippen molar-refractivity contribution >= 4 is 17.3 Å². The van der Waals surface area contributed by atoms with Gasteiger partial charge < -0.3 is 15.0 Å². The van der Waals surface area contributed by atoms with Crippen LogP contribution in [0.2, 0.25) is 0 Å². The first-order chi connectivity index (χ1) is 10.2. The highest BCUT2D eigenvalue weighted by atomic mass is 32.1. The molecule has 0 spiro atoms. The number of hydrogen-bond acceptors (Lipinski definition) is 6. The summed E-state index contributed by atoms with van der Waals surface area (Å²) in [4.78, 5) is 18.2. The third-order valence-corrected chi connectivity index (χ3v) is 4.20. The normalized spacial score (nSPS) is 11.0. The van der Waals surface area contributed by atoms with E-state index in [-0.39, 0.29) is 12.4 Å². The van der Waals surface area contributed by atoms with Gasteiger partial charge in [-0.1, -0.05) is 13.8 Å². The molecule has 0 aliphatic carbocycles. The van der Waals surface area contributed by atoms with Crippen molar-refractivity contribution in [3.05, 3.63) is 16.1 Å². The second kappa shape index (κ2) is 10.7. The van der Waals surface area contributed by atoms with Gasteiger partial charge in [0, 0.05) is 31.4 Å². The Labute approximate surface area is 131 Å². The standard InChI is InChI=1S/C15H27N3O2S/c1-4-18(5-2)10-9-16-8-7-14-17-13(12-21-14)11-15(19)20-6-3/h12,16H,4-11H2,1-3H3. The van der Waals surface area contributed by atoms with E-state index in [2.05, 4.69) is 29.0 Å². The van der Waals surface area contributed by atoms with Crippen LogP contribution < -0.4 is 5.32 Å². The molecule has 6 heteroatoms. The predicted octanol–water partition coefficient (Wildman–Crippen LogP) is 1.72. The molecule has 1 rings (SSSR count). The zero-order valence-corrected chi connectivity index (χ0v) is 14.2. The summed E-state index contributed by atoms with van der Waals surface area (Å²) in [5.74, 6) is -0.202. The van der Waals surface area contributed by atoms with Crippen LogP contribution in [0.3, 0.4) is 0 Å².